The van der Waals surface area contributed by atoms with Crippen LogP contribution in [0.5, 0.6) is 5.75 Å². The molecular formula is C29H25N3O3. The van der Waals surface area contributed by atoms with Crippen LogP contribution in [0, 0.1) is 0 Å². The van der Waals surface area contributed by atoms with Crippen LogP contribution in [0.25, 0.3) is 27.4 Å². The lowest BCUT2D eigenvalue weighted by atomic mass is 10.1. The van der Waals surface area contributed by atoms with Gasteiger partial charge in [0.25, 0.3) is 11.5 Å². The Morgan fingerprint density at radius 3 is 2.40 bits per heavy atom. The van der Waals surface area contributed by atoms with Gasteiger partial charge < -0.3 is 9.64 Å². The number of hydrogen-bond donors (Lipinski definition) is 0. The summed E-state index contributed by atoms with van der Waals surface area (Å²) in [7, 11) is 3.30. The van der Waals surface area contributed by atoms with Crippen LogP contribution in [0.3, 0.4) is 0 Å². The molecule has 0 aliphatic heterocycles. The minimum absolute atomic E-state index is 0.155. The molecule has 1 unspecified atom stereocenters. The predicted molar refractivity (Wildman–Crippen MR) is 138 cm³/mol. The molecule has 0 saturated heterocycles. The van der Waals surface area contributed by atoms with Crippen LogP contribution in [-0.4, -0.2) is 34.5 Å². The van der Waals surface area contributed by atoms with Gasteiger partial charge in [0, 0.05) is 12.6 Å². The zero-order valence-corrected chi connectivity index (χ0v) is 19.8. The summed E-state index contributed by atoms with van der Waals surface area (Å²) in [6, 6.07) is 27.6. The molecule has 0 fully saturated rings. The fourth-order valence-corrected chi connectivity index (χ4v) is 4.35. The lowest BCUT2D eigenvalue weighted by molar-refractivity contribution is 0.0735. The maximum Gasteiger partial charge on any atom is 0.266 e. The van der Waals surface area contributed by atoms with Gasteiger partial charge in [-0.25, -0.2) is 4.98 Å². The Labute approximate surface area is 203 Å². The van der Waals surface area contributed by atoms with Crippen molar-refractivity contribution in [1.29, 1.82) is 0 Å². The molecule has 1 heterocycles. The highest BCUT2D eigenvalue weighted by Gasteiger charge is 2.26. The van der Waals surface area contributed by atoms with E-state index in [1.165, 1.54) is 0 Å². The largest absolute Gasteiger partial charge is 0.495 e. The fourth-order valence-electron chi connectivity index (χ4n) is 4.35. The molecule has 1 amide bonds. The average Bonchev–Trinajstić information content (AvgIpc) is 2.91. The number of nitrogens with zero attached hydrogens (tertiary/aromatic N) is 3. The molecule has 6 nitrogen and oxygen atoms in total. The molecule has 0 spiro atoms. The summed E-state index contributed by atoms with van der Waals surface area (Å²) in [4.78, 5) is 33.7. The van der Waals surface area contributed by atoms with Gasteiger partial charge in [-0.15, -0.1) is 0 Å². The molecule has 0 radical (unpaired) electrons. The van der Waals surface area contributed by atoms with Crippen molar-refractivity contribution in [2.75, 3.05) is 14.2 Å². The number of aromatic nitrogens is 2. The molecule has 6 heteroatoms. The summed E-state index contributed by atoms with van der Waals surface area (Å²) in [5, 5.41) is 2.56. The van der Waals surface area contributed by atoms with E-state index >= 15 is 0 Å². The summed E-state index contributed by atoms with van der Waals surface area (Å²) >= 11 is 0. The van der Waals surface area contributed by atoms with Crippen molar-refractivity contribution < 1.29 is 9.53 Å². The number of amides is 1. The van der Waals surface area contributed by atoms with Crippen LogP contribution >= 0.6 is 0 Å². The normalized spacial score (nSPS) is 12.0. The van der Waals surface area contributed by atoms with E-state index in [0.717, 1.165) is 10.8 Å². The highest BCUT2D eigenvalue weighted by Crippen LogP contribution is 2.28. The van der Waals surface area contributed by atoms with Gasteiger partial charge in [0.05, 0.1) is 29.7 Å². The Bertz CT molecular complexity index is 1620. The smallest absolute Gasteiger partial charge is 0.266 e. The number of para-hydroxylation sites is 3. The molecule has 5 rings (SSSR count). The van der Waals surface area contributed by atoms with E-state index in [4.69, 9.17) is 9.72 Å². The SMILES string of the molecule is COc1ccccc1-n1c(C(C)N(C)C(=O)c2ccc3ccccc3c2)nc2ccccc2c1=O. The van der Waals surface area contributed by atoms with Gasteiger partial charge in [0.2, 0.25) is 0 Å². The Hall–Kier alpha value is -4.45. The Morgan fingerprint density at radius 2 is 1.60 bits per heavy atom. The standard InChI is InChI=1S/C29H25N3O3/c1-19(31(2)28(33)22-17-16-20-10-4-5-11-21(20)18-22)27-30-24-13-7-6-12-23(24)29(34)32(27)25-14-8-9-15-26(25)35-3/h4-19H,1-3H3. The van der Waals surface area contributed by atoms with Gasteiger partial charge in [0.15, 0.2) is 0 Å². The summed E-state index contributed by atoms with van der Waals surface area (Å²) in [6.45, 7) is 1.88. The van der Waals surface area contributed by atoms with E-state index in [1.807, 2.05) is 85.8 Å². The number of fused-ring (bicyclic) bond motifs is 2. The molecule has 0 bridgehead atoms. The van der Waals surface area contributed by atoms with Gasteiger partial charge in [-0.2, -0.15) is 0 Å². The number of benzene rings is 4. The van der Waals surface area contributed by atoms with Crippen LogP contribution in [-0.2, 0) is 0 Å². The first-order valence-electron chi connectivity index (χ1n) is 11.4. The molecular weight excluding hydrogens is 438 g/mol. The summed E-state index contributed by atoms with van der Waals surface area (Å²) in [6.07, 6.45) is 0. The van der Waals surface area contributed by atoms with Crippen molar-refractivity contribution in [2.24, 2.45) is 0 Å². The van der Waals surface area contributed by atoms with E-state index in [0.29, 0.717) is 33.7 Å². The Kier molecular flexibility index (Phi) is 5.79. The number of rotatable bonds is 5. The van der Waals surface area contributed by atoms with Gasteiger partial charge in [-0.05, 0) is 54.1 Å². The first-order valence-corrected chi connectivity index (χ1v) is 11.4. The molecule has 0 saturated carbocycles. The Balaban J connectivity index is 1.64. The number of methoxy groups -OCH3 is 1. The average molecular weight is 464 g/mol. The van der Waals surface area contributed by atoms with Crippen LogP contribution < -0.4 is 10.3 Å². The number of carbonyl (C=O) groups excluding carboxylic acids is 1. The molecule has 0 N–H and O–H groups in total. The molecule has 35 heavy (non-hydrogen) atoms. The monoisotopic (exact) mass is 463 g/mol. The van der Waals surface area contributed by atoms with Crippen molar-refractivity contribution >= 4 is 27.6 Å². The second-order valence-electron chi connectivity index (χ2n) is 8.45. The van der Waals surface area contributed by atoms with E-state index in [-0.39, 0.29) is 11.5 Å². The van der Waals surface area contributed by atoms with Gasteiger partial charge in [0.1, 0.15) is 11.6 Å². The molecule has 1 aromatic heterocycles. The van der Waals surface area contributed by atoms with Crippen molar-refractivity contribution in [3.8, 4) is 11.4 Å². The highest BCUT2D eigenvalue weighted by molar-refractivity contribution is 5.98. The molecule has 4 aromatic carbocycles. The predicted octanol–water partition coefficient (Wildman–Crippen LogP) is 5.38. The lowest BCUT2D eigenvalue weighted by Crippen LogP contribution is -2.35. The topological polar surface area (TPSA) is 64.4 Å². The molecule has 174 valence electrons. The van der Waals surface area contributed by atoms with Gasteiger partial charge in [-0.3, -0.25) is 14.2 Å². The summed E-state index contributed by atoms with van der Waals surface area (Å²) in [5.41, 5.74) is 1.52. The van der Waals surface area contributed by atoms with Crippen LogP contribution in [0.2, 0.25) is 0 Å². The zero-order chi connectivity index (χ0) is 24.5. The van der Waals surface area contributed by atoms with E-state index in [2.05, 4.69) is 0 Å². The minimum atomic E-state index is -0.504. The van der Waals surface area contributed by atoms with Crippen molar-refractivity contribution in [2.45, 2.75) is 13.0 Å². The molecule has 5 aromatic rings. The number of carbonyl (C=O) groups is 1. The maximum atomic E-state index is 13.7. The maximum absolute atomic E-state index is 13.7. The van der Waals surface area contributed by atoms with E-state index in [9.17, 15) is 9.59 Å². The fraction of sp³-hybridized carbons (Fsp3) is 0.138. The zero-order valence-electron chi connectivity index (χ0n) is 19.8. The van der Waals surface area contributed by atoms with Gasteiger partial charge in [-0.1, -0.05) is 54.6 Å². The van der Waals surface area contributed by atoms with Crippen molar-refractivity contribution in [1.82, 2.24) is 14.5 Å². The first kappa shape index (κ1) is 22.3. The molecule has 0 aliphatic rings. The van der Waals surface area contributed by atoms with Crippen LogP contribution in [0.15, 0.2) is 95.8 Å². The third-order valence-electron chi connectivity index (χ3n) is 6.40. The second kappa shape index (κ2) is 9.06. The summed E-state index contributed by atoms with van der Waals surface area (Å²) in [5.74, 6) is 0.843. The van der Waals surface area contributed by atoms with Crippen molar-refractivity contribution in [3.05, 3.63) is 113 Å². The van der Waals surface area contributed by atoms with E-state index in [1.54, 1.807) is 35.8 Å². The minimum Gasteiger partial charge on any atom is -0.495 e. The number of ether oxygens (including phenoxy) is 1. The molecule has 1 atom stereocenters. The lowest BCUT2D eigenvalue weighted by Gasteiger charge is -2.27. The van der Waals surface area contributed by atoms with Crippen LogP contribution in [0.4, 0.5) is 0 Å². The van der Waals surface area contributed by atoms with Crippen molar-refractivity contribution in [3.63, 3.8) is 0 Å². The first-order chi connectivity index (χ1) is 17.0. The van der Waals surface area contributed by atoms with E-state index < -0.39 is 6.04 Å². The second-order valence-corrected chi connectivity index (χ2v) is 8.45. The number of hydrogen-bond acceptors (Lipinski definition) is 4. The highest BCUT2D eigenvalue weighted by atomic mass is 16.5. The van der Waals surface area contributed by atoms with Crippen LogP contribution in [0.1, 0.15) is 29.1 Å². The third kappa shape index (κ3) is 3.93. The third-order valence-corrected chi connectivity index (χ3v) is 6.40. The van der Waals surface area contributed by atoms with Gasteiger partial charge >= 0.3 is 0 Å². The quantitative estimate of drug-likeness (QED) is 0.351. The summed E-state index contributed by atoms with van der Waals surface area (Å²) < 4.78 is 7.10. The Morgan fingerprint density at radius 1 is 0.914 bits per heavy atom. The molecule has 0 aliphatic carbocycles.